The van der Waals surface area contributed by atoms with Crippen molar-refractivity contribution in [1.29, 1.82) is 0 Å². The number of likely N-dealkylation sites (tertiary alicyclic amines) is 1. The highest BCUT2D eigenvalue weighted by atomic mass is 32.1. The van der Waals surface area contributed by atoms with Crippen LogP contribution in [-0.2, 0) is 24.0 Å². The summed E-state index contributed by atoms with van der Waals surface area (Å²) in [6.07, 6.45) is 3.05. The van der Waals surface area contributed by atoms with Crippen LogP contribution in [-0.4, -0.2) is 75.7 Å². The summed E-state index contributed by atoms with van der Waals surface area (Å²) >= 11 is 3.87. The number of nitrogens with one attached hydrogen (secondary N) is 2. The topological polar surface area (TPSA) is 179 Å². The van der Waals surface area contributed by atoms with Crippen LogP contribution in [0.1, 0.15) is 25.7 Å². The number of amides is 3. The second-order valence-electron chi connectivity index (χ2n) is 5.77. The minimum Gasteiger partial charge on any atom is -0.480 e. The molecule has 0 bridgehead atoms. The van der Waals surface area contributed by atoms with Crippen LogP contribution in [0.2, 0.25) is 0 Å². The Morgan fingerprint density at radius 3 is 2.36 bits per heavy atom. The van der Waals surface area contributed by atoms with E-state index >= 15 is 0 Å². The Kier molecular flexibility index (Phi) is 12.3. The van der Waals surface area contributed by atoms with Crippen molar-refractivity contribution >= 4 is 42.3 Å². The van der Waals surface area contributed by atoms with Crippen molar-refractivity contribution in [2.75, 3.05) is 18.8 Å². The van der Waals surface area contributed by atoms with Gasteiger partial charge in [-0.25, -0.2) is 0 Å². The number of hydrogen-bond donors (Lipinski definition) is 6. The minimum absolute atomic E-state index is 0.0256. The molecule has 0 saturated carbocycles. The van der Waals surface area contributed by atoms with E-state index in [1.165, 1.54) is 0 Å². The Labute approximate surface area is 167 Å². The lowest BCUT2D eigenvalue weighted by molar-refractivity contribution is -0.139. The molecule has 2 atom stereocenters. The summed E-state index contributed by atoms with van der Waals surface area (Å²) in [6.45, 7) is 3.80. The molecule has 3 amide bonds. The Morgan fingerprint density at radius 1 is 1.32 bits per heavy atom. The largest absolute Gasteiger partial charge is 0.480 e. The highest BCUT2D eigenvalue weighted by Crippen LogP contribution is 2.08. The lowest BCUT2D eigenvalue weighted by Gasteiger charge is -2.16. The van der Waals surface area contributed by atoms with Crippen LogP contribution in [0.25, 0.3) is 0 Å². The number of rotatable bonds is 10. The molecule has 11 nitrogen and oxygen atoms in total. The number of nitrogens with two attached hydrogens (primary N) is 1. The van der Waals surface area contributed by atoms with Crippen molar-refractivity contribution in [3.63, 3.8) is 0 Å². The maximum atomic E-state index is 11.5. The summed E-state index contributed by atoms with van der Waals surface area (Å²) in [5.41, 5.74) is 5.23. The van der Waals surface area contributed by atoms with Crippen LogP contribution >= 0.6 is 12.6 Å². The molecule has 1 heterocycles. The molecule has 1 fully saturated rings. The fourth-order valence-electron chi connectivity index (χ4n) is 2.02. The third-order valence-electron chi connectivity index (χ3n) is 3.58. The fraction of sp³-hybridized carbons (Fsp3) is 0.562. The Bertz CT molecular complexity index is 600. The van der Waals surface area contributed by atoms with Crippen LogP contribution in [0, 0.1) is 0 Å². The van der Waals surface area contributed by atoms with Gasteiger partial charge in [-0.1, -0.05) is 6.58 Å². The van der Waals surface area contributed by atoms with Gasteiger partial charge in [0, 0.05) is 25.1 Å². The highest BCUT2D eigenvalue weighted by Gasteiger charge is 2.21. The second-order valence-corrected chi connectivity index (χ2v) is 6.14. The smallest absolute Gasteiger partial charge is 0.322 e. The highest BCUT2D eigenvalue weighted by molar-refractivity contribution is 7.80. The zero-order chi connectivity index (χ0) is 21.7. The molecule has 1 aliphatic heterocycles. The normalized spacial score (nSPS) is 14.9. The van der Waals surface area contributed by atoms with Gasteiger partial charge in [-0.3, -0.25) is 24.0 Å². The first-order valence-electron chi connectivity index (χ1n) is 8.42. The molecule has 12 heteroatoms. The van der Waals surface area contributed by atoms with E-state index < -0.39 is 42.4 Å². The van der Waals surface area contributed by atoms with Gasteiger partial charge in [0.25, 0.3) is 0 Å². The number of carbonyl (C=O) groups excluding carboxylic acids is 3. The quantitative estimate of drug-likeness (QED) is 0.233. The predicted molar refractivity (Wildman–Crippen MR) is 102 cm³/mol. The van der Waals surface area contributed by atoms with Crippen LogP contribution in [0.15, 0.2) is 12.8 Å². The zero-order valence-electron chi connectivity index (χ0n) is 15.3. The first-order chi connectivity index (χ1) is 13.1. The number of carboxylic acid groups (broad SMARTS) is 2. The summed E-state index contributed by atoms with van der Waals surface area (Å²) in [7, 11) is 0. The van der Waals surface area contributed by atoms with E-state index in [2.05, 4.69) is 29.8 Å². The van der Waals surface area contributed by atoms with E-state index in [-0.39, 0.29) is 24.5 Å². The maximum Gasteiger partial charge on any atom is 0.322 e. The lowest BCUT2D eigenvalue weighted by Crippen LogP contribution is -2.49. The molecule has 0 unspecified atom stereocenters. The fourth-order valence-corrected chi connectivity index (χ4v) is 2.28. The van der Waals surface area contributed by atoms with Crippen molar-refractivity contribution in [3.8, 4) is 0 Å². The van der Waals surface area contributed by atoms with E-state index in [0.717, 1.165) is 13.0 Å². The average molecular weight is 418 g/mol. The molecule has 1 rings (SSSR count). The van der Waals surface area contributed by atoms with E-state index in [0.29, 0.717) is 6.42 Å². The Hall–Kier alpha value is -2.60. The molecule has 1 saturated heterocycles. The van der Waals surface area contributed by atoms with Crippen molar-refractivity contribution in [1.82, 2.24) is 15.5 Å². The minimum atomic E-state index is -1.22. The Morgan fingerprint density at radius 2 is 1.96 bits per heavy atom. The molecule has 0 aromatic rings. The summed E-state index contributed by atoms with van der Waals surface area (Å²) in [5.74, 6) is -3.50. The standard InChI is InChI=1S/C10H17N3O6S.C6H9NO/c11-5(10(18)19)1-2-7(14)13-6(4-20)9(17)12-3-8(15)16;1-2-7-5-3-4-6(7)8/h5-6,20H,1-4,11H2,(H,12,17)(H,13,14)(H,15,16)(H,18,19);2H,1,3-5H2/t5-,6-;/m0./s1. The number of nitrogens with zero attached hydrogens (tertiary/aromatic N) is 1. The maximum absolute atomic E-state index is 11.5. The molecule has 0 aliphatic carbocycles. The van der Waals surface area contributed by atoms with Crippen LogP contribution < -0.4 is 16.4 Å². The number of thiol groups is 1. The molecule has 0 aromatic carbocycles. The van der Waals surface area contributed by atoms with Gasteiger partial charge in [0.15, 0.2) is 0 Å². The molecule has 1 aliphatic rings. The van der Waals surface area contributed by atoms with E-state index in [4.69, 9.17) is 15.9 Å². The van der Waals surface area contributed by atoms with Crippen LogP contribution in [0.5, 0.6) is 0 Å². The Balaban J connectivity index is 0.000000749. The monoisotopic (exact) mass is 418 g/mol. The molecule has 158 valence electrons. The summed E-state index contributed by atoms with van der Waals surface area (Å²) in [4.78, 5) is 56.1. The average Bonchev–Trinajstić information content (AvgIpc) is 3.07. The second kappa shape index (κ2) is 13.6. The van der Waals surface area contributed by atoms with Gasteiger partial charge in [-0.05, 0) is 19.0 Å². The van der Waals surface area contributed by atoms with Gasteiger partial charge in [-0.2, -0.15) is 12.6 Å². The number of hydrogen-bond acceptors (Lipinski definition) is 7. The van der Waals surface area contributed by atoms with Crippen molar-refractivity contribution in [2.24, 2.45) is 5.73 Å². The molecule has 0 aromatic heterocycles. The van der Waals surface area contributed by atoms with Gasteiger partial charge in [0.05, 0.1) is 0 Å². The van der Waals surface area contributed by atoms with Crippen molar-refractivity contribution < 1.29 is 34.2 Å². The summed E-state index contributed by atoms with van der Waals surface area (Å²) in [6, 6.07) is -2.15. The van der Waals surface area contributed by atoms with Gasteiger partial charge < -0.3 is 31.5 Å². The number of aliphatic carboxylic acids is 2. The van der Waals surface area contributed by atoms with E-state index in [9.17, 15) is 24.0 Å². The van der Waals surface area contributed by atoms with Gasteiger partial charge in [-0.15, -0.1) is 0 Å². The molecule has 6 N–H and O–H groups in total. The molecule has 0 radical (unpaired) electrons. The SMILES string of the molecule is C=CN1CCCC1=O.N[C@@H](CCC(=O)N[C@@H](CS)C(=O)NCC(=O)O)C(=O)O. The van der Waals surface area contributed by atoms with Crippen molar-refractivity contribution in [2.45, 2.75) is 37.8 Å². The predicted octanol–water partition coefficient (Wildman–Crippen LogP) is -1.45. The summed E-state index contributed by atoms with van der Waals surface area (Å²) < 4.78 is 0. The number of carbonyl (C=O) groups is 5. The van der Waals surface area contributed by atoms with E-state index in [1.54, 1.807) is 11.1 Å². The van der Waals surface area contributed by atoms with Crippen LogP contribution in [0.3, 0.4) is 0 Å². The lowest BCUT2D eigenvalue weighted by atomic mass is 10.1. The van der Waals surface area contributed by atoms with Gasteiger partial charge in [0.2, 0.25) is 17.7 Å². The molecular formula is C16H26N4O7S. The van der Waals surface area contributed by atoms with Gasteiger partial charge in [0.1, 0.15) is 18.6 Å². The number of carboxylic acids is 2. The summed E-state index contributed by atoms with van der Waals surface area (Å²) in [5, 5.41) is 21.4. The molecule has 0 spiro atoms. The molecule has 28 heavy (non-hydrogen) atoms. The first-order valence-corrected chi connectivity index (χ1v) is 9.05. The third kappa shape index (κ3) is 10.5. The first kappa shape index (κ1) is 25.4. The van der Waals surface area contributed by atoms with Gasteiger partial charge >= 0.3 is 11.9 Å². The van der Waals surface area contributed by atoms with Crippen LogP contribution in [0.4, 0.5) is 0 Å². The van der Waals surface area contributed by atoms with Crippen molar-refractivity contribution in [3.05, 3.63) is 12.8 Å². The third-order valence-corrected chi connectivity index (χ3v) is 3.94. The zero-order valence-corrected chi connectivity index (χ0v) is 16.2. The molecular weight excluding hydrogens is 392 g/mol. The van der Waals surface area contributed by atoms with E-state index in [1.807, 2.05) is 0 Å².